The summed E-state index contributed by atoms with van der Waals surface area (Å²) in [5.41, 5.74) is 4.64. The van der Waals surface area contributed by atoms with Crippen molar-refractivity contribution in [2.75, 3.05) is 19.5 Å². The maximum Gasteiger partial charge on any atom is 0.250 e. The second-order valence-corrected chi connectivity index (χ2v) is 8.36. The van der Waals surface area contributed by atoms with Crippen molar-refractivity contribution in [1.82, 2.24) is 20.2 Å². The van der Waals surface area contributed by atoms with Crippen LogP contribution in [0.2, 0.25) is 0 Å². The zero-order valence-corrected chi connectivity index (χ0v) is 20.6. The molecule has 0 aliphatic heterocycles. The number of hydrogen-bond acceptors (Lipinski definition) is 8. The van der Waals surface area contributed by atoms with Crippen LogP contribution in [-0.4, -0.2) is 51.5 Å². The molecule has 1 aromatic heterocycles. The molecule has 0 spiro atoms. The van der Waals surface area contributed by atoms with Gasteiger partial charge in [0.2, 0.25) is 0 Å². The van der Waals surface area contributed by atoms with E-state index in [4.69, 9.17) is 9.47 Å². The first-order chi connectivity index (χ1) is 17.6. The van der Waals surface area contributed by atoms with Crippen LogP contribution in [0.25, 0.3) is 17.1 Å². The monoisotopic (exact) mass is 503 g/mol. The molecule has 4 rings (SSSR count). The summed E-state index contributed by atoms with van der Waals surface area (Å²) in [5.74, 6) is 1.44. The molecule has 0 atom stereocenters. The van der Waals surface area contributed by atoms with E-state index in [9.17, 15) is 9.90 Å². The standard InChI is InChI=1S/C26H25N5O4S/c1-3-35-22-11-7-10-19(24(22)33)16-27-28-23(32)17-36-26-30-29-25(18-8-5-4-6-9-18)31(26)20-12-14-21(34-2)15-13-20/h4-16,33H,3,17H2,1-2H3,(H,28,32). The number of rotatable bonds is 10. The SMILES string of the molecule is CCOc1cccc(C=NNC(=O)CSc2nnc(-c3ccccc3)n2-c2ccc(OC)cc2)c1O. The number of phenols is 1. The molecule has 2 N–H and O–H groups in total. The number of aromatic hydroxyl groups is 1. The molecule has 0 saturated heterocycles. The highest BCUT2D eigenvalue weighted by molar-refractivity contribution is 7.99. The minimum atomic E-state index is -0.331. The lowest BCUT2D eigenvalue weighted by Gasteiger charge is -2.11. The molecular formula is C26H25N5O4S. The van der Waals surface area contributed by atoms with Crippen LogP contribution < -0.4 is 14.9 Å². The van der Waals surface area contributed by atoms with Gasteiger partial charge in [-0.25, -0.2) is 5.43 Å². The Morgan fingerprint density at radius 3 is 2.58 bits per heavy atom. The fraction of sp³-hybridized carbons (Fsp3) is 0.154. The highest BCUT2D eigenvalue weighted by Crippen LogP contribution is 2.29. The number of nitrogens with one attached hydrogen (secondary N) is 1. The van der Waals surface area contributed by atoms with Crippen LogP contribution in [0.1, 0.15) is 12.5 Å². The van der Waals surface area contributed by atoms with Crippen LogP contribution in [0.3, 0.4) is 0 Å². The van der Waals surface area contributed by atoms with E-state index in [2.05, 4.69) is 20.7 Å². The van der Waals surface area contributed by atoms with Crippen molar-refractivity contribution in [3.8, 4) is 34.3 Å². The summed E-state index contributed by atoms with van der Waals surface area (Å²) in [6.07, 6.45) is 1.37. The Morgan fingerprint density at radius 2 is 1.86 bits per heavy atom. The first-order valence-electron chi connectivity index (χ1n) is 11.2. The summed E-state index contributed by atoms with van der Waals surface area (Å²) in [7, 11) is 1.61. The number of phenolic OH excluding ortho intramolecular Hbond substituents is 1. The van der Waals surface area contributed by atoms with Crippen LogP contribution in [0, 0.1) is 0 Å². The number of carbonyl (C=O) groups excluding carboxylic acids is 1. The summed E-state index contributed by atoms with van der Waals surface area (Å²) in [6.45, 7) is 2.26. The Kier molecular flexibility index (Phi) is 8.20. The number of aromatic nitrogens is 3. The van der Waals surface area contributed by atoms with E-state index in [1.54, 1.807) is 25.3 Å². The van der Waals surface area contributed by atoms with Gasteiger partial charge in [0.05, 0.1) is 25.7 Å². The van der Waals surface area contributed by atoms with Gasteiger partial charge in [-0.1, -0.05) is 48.2 Å². The van der Waals surface area contributed by atoms with Crippen LogP contribution in [0.5, 0.6) is 17.2 Å². The van der Waals surface area contributed by atoms with E-state index < -0.39 is 0 Å². The number of amides is 1. The molecule has 0 radical (unpaired) electrons. The van der Waals surface area contributed by atoms with Gasteiger partial charge in [-0.3, -0.25) is 9.36 Å². The Balaban J connectivity index is 1.48. The van der Waals surface area contributed by atoms with Crippen molar-refractivity contribution in [2.24, 2.45) is 5.10 Å². The molecule has 0 aliphatic carbocycles. The predicted molar refractivity (Wildman–Crippen MR) is 139 cm³/mol. The first-order valence-corrected chi connectivity index (χ1v) is 12.1. The van der Waals surface area contributed by atoms with Gasteiger partial charge in [0.1, 0.15) is 5.75 Å². The number of carbonyl (C=O) groups is 1. The number of nitrogens with zero attached hydrogens (tertiary/aromatic N) is 4. The Morgan fingerprint density at radius 1 is 1.08 bits per heavy atom. The zero-order chi connectivity index (χ0) is 25.3. The number of ether oxygens (including phenoxy) is 2. The quantitative estimate of drug-likeness (QED) is 0.189. The molecule has 0 bridgehead atoms. The maximum absolute atomic E-state index is 12.5. The largest absolute Gasteiger partial charge is 0.504 e. The molecule has 36 heavy (non-hydrogen) atoms. The molecule has 9 nitrogen and oxygen atoms in total. The third-order valence-corrected chi connectivity index (χ3v) is 5.98. The van der Waals surface area contributed by atoms with Gasteiger partial charge in [-0.05, 0) is 43.3 Å². The molecule has 4 aromatic rings. The van der Waals surface area contributed by atoms with Crippen molar-refractivity contribution in [1.29, 1.82) is 0 Å². The normalized spacial score (nSPS) is 10.9. The van der Waals surface area contributed by atoms with Gasteiger partial charge in [0.15, 0.2) is 22.5 Å². The molecule has 10 heteroatoms. The fourth-order valence-electron chi connectivity index (χ4n) is 3.35. The van der Waals surface area contributed by atoms with Crippen molar-refractivity contribution >= 4 is 23.9 Å². The third-order valence-electron chi connectivity index (χ3n) is 5.05. The molecule has 184 valence electrons. The van der Waals surface area contributed by atoms with E-state index in [0.29, 0.717) is 28.9 Å². The van der Waals surface area contributed by atoms with Gasteiger partial charge in [-0.15, -0.1) is 10.2 Å². The second kappa shape index (κ2) is 11.9. The third kappa shape index (κ3) is 5.84. The molecule has 1 heterocycles. The van der Waals surface area contributed by atoms with Crippen LogP contribution in [0.15, 0.2) is 83.1 Å². The predicted octanol–water partition coefficient (Wildman–Crippen LogP) is 4.29. The van der Waals surface area contributed by atoms with Gasteiger partial charge in [0.25, 0.3) is 5.91 Å². The van der Waals surface area contributed by atoms with Crippen molar-refractivity contribution in [3.63, 3.8) is 0 Å². The second-order valence-electron chi connectivity index (χ2n) is 7.41. The molecular weight excluding hydrogens is 478 g/mol. The van der Waals surface area contributed by atoms with Gasteiger partial charge < -0.3 is 14.6 Å². The van der Waals surface area contributed by atoms with E-state index in [1.807, 2.05) is 66.1 Å². The molecule has 3 aromatic carbocycles. The fourth-order valence-corrected chi connectivity index (χ4v) is 4.10. The number of methoxy groups -OCH3 is 1. The first kappa shape index (κ1) is 24.8. The summed E-state index contributed by atoms with van der Waals surface area (Å²) in [5, 5.41) is 23.5. The minimum Gasteiger partial charge on any atom is -0.504 e. The summed E-state index contributed by atoms with van der Waals surface area (Å²) in [4.78, 5) is 12.5. The number of hydrazone groups is 1. The van der Waals surface area contributed by atoms with Crippen LogP contribution in [0.4, 0.5) is 0 Å². The topological polar surface area (TPSA) is 111 Å². The van der Waals surface area contributed by atoms with Crippen molar-refractivity contribution < 1.29 is 19.4 Å². The van der Waals surface area contributed by atoms with Crippen LogP contribution in [-0.2, 0) is 4.79 Å². The summed E-state index contributed by atoms with van der Waals surface area (Å²) < 4.78 is 12.5. The lowest BCUT2D eigenvalue weighted by molar-refractivity contribution is -0.118. The molecule has 0 fully saturated rings. The van der Waals surface area contributed by atoms with E-state index in [1.165, 1.54) is 18.0 Å². The van der Waals surface area contributed by atoms with Crippen molar-refractivity contribution in [3.05, 3.63) is 78.4 Å². The average Bonchev–Trinajstić information content (AvgIpc) is 3.34. The van der Waals surface area contributed by atoms with Crippen molar-refractivity contribution in [2.45, 2.75) is 12.1 Å². The van der Waals surface area contributed by atoms with E-state index >= 15 is 0 Å². The highest BCUT2D eigenvalue weighted by Gasteiger charge is 2.17. The lowest BCUT2D eigenvalue weighted by Crippen LogP contribution is -2.20. The van der Waals surface area contributed by atoms with Gasteiger partial charge in [0, 0.05) is 16.8 Å². The number of hydrogen-bond donors (Lipinski definition) is 2. The smallest absolute Gasteiger partial charge is 0.250 e. The van der Waals surface area contributed by atoms with Crippen LogP contribution >= 0.6 is 11.8 Å². The Hall–Kier alpha value is -4.31. The van der Waals surface area contributed by atoms with E-state index in [0.717, 1.165) is 17.0 Å². The molecule has 1 amide bonds. The summed E-state index contributed by atoms with van der Waals surface area (Å²) in [6, 6.07) is 22.3. The lowest BCUT2D eigenvalue weighted by atomic mass is 10.2. The Labute approximate surface area is 212 Å². The van der Waals surface area contributed by atoms with Gasteiger partial charge in [-0.2, -0.15) is 5.10 Å². The minimum absolute atomic E-state index is 0.0345. The molecule has 0 aliphatic rings. The number of thioether (sulfide) groups is 1. The average molecular weight is 504 g/mol. The Bertz CT molecular complexity index is 1340. The maximum atomic E-state index is 12.5. The van der Waals surface area contributed by atoms with Gasteiger partial charge >= 0.3 is 0 Å². The zero-order valence-electron chi connectivity index (χ0n) is 19.8. The highest BCUT2D eigenvalue weighted by atomic mass is 32.2. The molecule has 0 saturated carbocycles. The number of para-hydroxylation sites is 1. The number of benzene rings is 3. The van der Waals surface area contributed by atoms with E-state index in [-0.39, 0.29) is 17.4 Å². The molecule has 0 unspecified atom stereocenters. The summed E-state index contributed by atoms with van der Waals surface area (Å²) >= 11 is 1.24.